The summed E-state index contributed by atoms with van der Waals surface area (Å²) in [6.07, 6.45) is 0. The first-order chi connectivity index (χ1) is 13.1. The number of amides is 1. The van der Waals surface area contributed by atoms with Crippen LogP contribution >= 0.6 is 0 Å². The molecule has 2 aromatic carbocycles. The van der Waals surface area contributed by atoms with Crippen LogP contribution in [0.25, 0.3) is 0 Å². The van der Waals surface area contributed by atoms with Gasteiger partial charge in [0.25, 0.3) is 15.9 Å². The number of nitrogens with zero attached hydrogens (tertiary/aromatic N) is 1. The van der Waals surface area contributed by atoms with Crippen molar-refractivity contribution in [2.45, 2.75) is 11.8 Å². The lowest BCUT2D eigenvalue weighted by Crippen LogP contribution is -2.27. The molecule has 2 aromatic rings. The highest BCUT2D eigenvalue weighted by Crippen LogP contribution is 2.27. The number of methoxy groups -OCH3 is 1. The molecule has 0 heterocycles. The van der Waals surface area contributed by atoms with Gasteiger partial charge in [0.2, 0.25) is 0 Å². The quantitative estimate of drug-likeness (QED) is 0.706. The van der Waals surface area contributed by atoms with E-state index >= 15 is 0 Å². The highest BCUT2D eigenvalue weighted by atomic mass is 32.2. The third kappa shape index (κ3) is 5.23. The smallest absolute Gasteiger partial charge is 0.338 e. The summed E-state index contributed by atoms with van der Waals surface area (Å²) in [5, 5.41) is 0. The number of sulfonamides is 1. The molecule has 0 unspecified atom stereocenters. The van der Waals surface area contributed by atoms with Crippen LogP contribution in [0, 0.1) is 6.92 Å². The molecule has 0 bridgehead atoms. The van der Waals surface area contributed by atoms with Gasteiger partial charge in [0.05, 0.1) is 12.7 Å². The summed E-state index contributed by atoms with van der Waals surface area (Å²) in [7, 11) is 0.365. The first-order valence-corrected chi connectivity index (χ1v) is 9.77. The van der Waals surface area contributed by atoms with Crippen molar-refractivity contribution < 1.29 is 27.5 Å². The predicted octanol–water partition coefficient (Wildman–Crippen LogP) is 2.05. The fraction of sp³-hybridized carbons (Fsp3) is 0.263. The standard InChI is InChI=1S/C19H22N2O6S/c1-13-5-8-15(9-6-13)20-28(24,25)17-11-14(7-10-16(17)26-4)19(23)27-12-18(22)21(2)3/h5-11,20H,12H2,1-4H3. The molecule has 0 saturated carbocycles. The van der Waals surface area contributed by atoms with Gasteiger partial charge < -0.3 is 14.4 Å². The van der Waals surface area contributed by atoms with Gasteiger partial charge in [-0.25, -0.2) is 13.2 Å². The molecule has 2 rings (SSSR count). The lowest BCUT2D eigenvalue weighted by Gasteiger charge is -2.14. The second-order valence-corrected chi connectivity index (χ2v) is 7.85. The van der Waals surface area contributed by atoms with Crippen molar-refractivity contribution in [1.82, 2.24) is 4.90 Å². The fourth-order valence-electron chi connectivity index (χ4n) is 2.19. The van der Waals surface area contributed by atoms with Gasteiger partial charge in [0.15, 0.2) is 6.61 Å². The van der Waals surface area contributed by atoms with Gasteiger partial charge in [-0.05, 0) is 37.3 Å². The van der Waals surface area contributed by atoms with Crippen molar-refractivity contribution in [2.75, 3.05) is 32.5 Å². The van der Waals surface area contributed by atoms with Gasteiger partial charge in [-0.15, -0.1) is 0 Å². The first kappa shape index (κ1) is 21.2. The summed E-state index contributed by atoms with van der Waals surface area (Å²) in [6.45, 7) is 1.44. The Bertz CT molecular complexity index is 968. The molecule has 9 heteroatoms. The highest BCUT2D eigenvalue weighted by Gasteiger charge is 2.23. The molecule has 0 spiro atoms. The molecule has 0 aromatic heterocycles. The predicted molar refractivity (Wildman–Crippen MR) is 104 cm³/mol. The van der Waals surface area contributed by atoms with Crippen LogP contribution in [-0.4, -0.2) is 53.0 Å². The van der Waals surface area contributed by atoms with Gasteiger partial charge in [-0.1, -0.05) is 17.7 Å². The van der Waals surface area contributed by atoms with Crippen molar-refractivity contribution in [3.05, 3.63) is 53.6 Å². The van der Waals surface area contributed by atoms with E-state index in [0.717, 1.165) is 11.6 Å². The molecular formula is C19H22N2O6S. The SMILES string of the molecule is COc1ccc(C(=O)OCC(=O)N(C)C)cc1S(=O)(=O)Nc1ccc(C)cc1. The van der Waals surface area contributed by atoms with E-state index in [1.165, 1.54) is 38.2 Å². The Hall–Kier alpha value is -3.07. The molecular weight excluding hydrogens is 384 g/mol. The molecule has 0 atom stereocenters. The highest BCUT2D eigenvalue weighted by molar-refractivity contribution is 7.92. The number of aryl methyl sites for hydroxylation is 1. The zero-order valence-corrected chi connectivity index (χ0v) is 16.9. The Balaban J connectivity index is 2.29. The Morgan fingerprint density at radius 3 is 2.29 bits per heavy atom. The van der Waals surface area contributed by atoms with E-state index in [4.69, 9.17) is 9.47 Å². The van der Waals surface area contributed by atoms with Crippen molar-refractivity contribution >= 4 is 27.6 Å². The van der Waals surface area contributed by atoms with E-state index in [1.54, 1.807) is 24.3 Å². The zero-order valence-electron chi connectivity index (χ0n) is 16.1. The summed E-state index contributed by atoms with van der Waals surface area (Å²) in [5.41, 5.74) is 1.34. The number of anilines is 1. The van der Waals surface area contributed by atoms with Crippen LogP contribution in [0.15, 0.2) is 47.4 Å². The van der Waals surface area contributed by atoms with Gasteiger partial charge in [0, 0.05) is 19.8 Å². The normalized spacial score (nSPS) is 10.9. The average Bonchev–Trinajstić information content (AvgIpc) is 2.66. The number of ether oxygens (including phenoxy) is 2. The number of hydrogen-bond acceptors (Lipinski definition) is 6. The van der Waals surface area contributed by atoms with Gasteiger partial charge in [-0.2, -0.15) is 0 Å². The number of hydrogen-bond donors (Lipinski definition) is 1. The zero-order chi connectivity index (χ0) is 20.9. The van der Waals surface area contributed by atoms with E-state index in [1.807, 2.05) is 6.92 Å². The van der Waals surface area contributed by atoms with Crippen LogP contribution in [-0.2, 0) is 19.6 Å². The number of carbonyl (C=O) groups is 2. The van der Waals surface area contributed by atoms with Crippen LogP contribution in [0.3, 0.4) is 0 Å². The monoisotopic (exact) mass is 406 g/mol. The number of carbonyl (C=O) groups excluding carboxylic acids is 2. The molecule has 8 nitrogen and oxygen atoms in total. The van der Waals surface area contributed by atoms with Crippen LogP contribution in [0.5, 0.6) is 5.75 Å². The Morgan fingerprint density at radius 2 is 1.71 bits per heavy atom. The first-order valence-electron chi connectivity index (χ1n) is 8.29. The van der Waals surface area contributed by atoms with Crippen molar-refractivity contribution in [3.8, 4) is 5.75 Å². The van der Waals surface area contributed by atoms with Crippen LogP contribution < -0.4 is 9.46 Å². The van der Waals surface area contributed by atoms with E-state index < -0.39 is 28.5 Å². The van der Waals surface area contributed by atoms with Crippen molar-refractivity contribution in [1.29, 1.82) is 0 Å². The maximum Gasteiger partial charge on any atom is 0.338 e. The van der Waals surface area contributed by atoms with E-state index in [9.17, 15) is 18.0 Å². The van der Waals surface area contributed by atoms with Crippen molar-refractivity contribution in [3.63, 3.8) is 0 Å². The summed E-state index contributed by atoms with van der Waals surface area (Å²) in [6, 6.07) is 10.7. The minimum absolute atomic E-state index is 0.0170. The summed E-state index contributed by atoms with van der Waals surface area (Å²) >= 11 is 0. The summed E-state index contributed by atoms with van der Waals surface area (Å²) < 4.78 is 38.1. The van der Waals surface area contributed by atoms with Gasteiger partial charge >= 0.3 is 5.97 Å². The number of benzene rings is 2. The maximum absolute atomic E-state index is 12.8. The Kier molecular flexibility index (Phi) is 6.63. The number of rotatable bonds is 7. The second-order valence-electron chi connectivity index (χ2n) is 6.20. The lowest BCUT2D eigenvalue weighted by atomic mass is 10.2. The molecule has 1 N–H and O–H groups in total. The molecule has 0 aliphatic carbocycles. The van der Waals surface area contributed by atoms with Crippen LogP contribution in [0.2, 0.25) is 0 Å². The lowest BCUT2D eigenvalue weighted by molar-refractivity contribution is -0.131. The molecule has 0 radical (unpaired) electrons. The number of esters is 1. The van der Waals surface area contributed by atoms with Gasteiger partial charge in [-0.3, -0.25) is 9.52 Å². The van der Waals surface area contributed by atoms with E-state index in [-0.39, 0.29) is 16.2 Å². The average molecular weight is 406 g/mol. The van der Waals surface area contributed by atoms with E-state index in [0.29, 0.717) is 5.69 Å². The molecule has 0 saturated heterocycles. The van der Waals surface area contributed by atoms with Gasteiger partial charge in [0.1, 0.15) is 10.6 Å². The Morgan fingerprint density at radius 1 is 1.07 bits per heavy atom. The van der Waals surface area contributed by atoms with Crippen LogP contribution in [0.1, 0.15) is 15.9 Å². The summed E-state index contributed by atoms with van der Waals surface area (Å²) in [5.74, 6) is -1.14. The number of nitrogens with one attached hydrogen (secondary N) is 1. The number of likely N-dealkylation sites (N-methyl/N-ethyl adjacent to an activating group) is 1. The minimum Gasteiger partial charge on any atom is -0.495 e. The largest absolute Gasteiger partial charge is 0.495 e. The fourth-order valence-corrected chi connectivity index (χ4v) is 3.44. The Labute approximate surface area is 164 Å². The minimum atomic E-state index is -4.03. The maximum atomic E-state index is 12.8. The topological polar surface area (TPSA) is 102 Å². The molecule has 0 aliphatic rings. The molecule has 0 aliphatic heterocycles. The van der Waals surface area contributed by atoms with E-state index in [2.05, 4.69) is 4.72 Å². The molecule has 0 fully saturated rings. The van der Waals surface area contributed by atoms with Crippen molar-refractivity contribution in [2.24, 2.45) is 0 Å². The molecule has 150 valence electrons. The molecule has 1 amide bonds. The third-order valence-corrected chi connectivity index (χ3v) is 5.22. The summed E-state index contributed by atoms with van der Waals surface area (Å²) in [4.78, 5) is 24.8. The second kappa shape index (κ2) is 8.75. The van der Waals surface area contributed by atoms with Crippen LogP contribution in [0.4, 0.5) is 5.69 Å². The molecule has 28 heavy (non-hydrogen) atoms. The third-order valence-electron chi connectivity index (χ3n) is 3.82.